The first-order valence-corrected chi connectivity index (χ1v) is 12.3. The Labute approximate surface area is 210 Å². The Bertz CT molecular complexity index is 1300. The van der Waals surface area contributed by atoms with Crippen LogP contribution in [0.4, 0.5) is 5.82 Å². The predicted octanol–water partition coefficient (Wildman–Crippen LogP) is 3.80. The number of hydrogen-bond donors (Lipinski definition) is 2. The topological polar surface area (TPSA) is 93.6 Å². The van der Waals surface area contributed by atoms with Gasteiger partial charge in [-0.05, 0) is 36.2 Å². The normalized spacial score (nSPS) is 16.3. The molecule has 0 bridgehead atoms. The maximum absolute atomic E-state index is 6.91. The van der Waals surface area contributed by atoms with E-state index in [9.17, 15) is 0 Å². The standard InChI is InChI=1S/C26H30ClN7O/c1-2-26(28,19-5-3-6-20(27)17-19)23-8-4-7-21(32-23)22-18-31-25-24(30-10-12-34(22)25)29-9-11-33-13-15-35-16-14-33/h3-8,10,12,17-18H,2,9,11,13-16,28H2,1H3,(H,29,30). The summed E-state index contributed by atoms with van der Waals surface area (Å²) in [6.45, 7) is 7.29. The van der Waals surface area contributed by atoms with Crippen molar-refractivity contribution in [3.63, 3.8) is 0 Å². The minimum atomic E-state index is -0.755. The highest BCUT2D eigenvalue weighted by atomic mass is 35.5. The molecule has 0 aliphatic carbocycles. The van der Waals surface area contributed by atoms with Gasteiger partial charge in [-0.3, -0.25) is 9.30 Å². The molecule has 1 aliphatic heterocycles. The summed E-state index contributed by atoms with van der Waals surface area (Å²) in [7, 11) is 0. The number of fused-ring (bicyclic) bond motifs is 1. The van der Waals surface area contributed by atoms with E-state index < -0.39 is 5.54 Å². The van der Waals surface area contributed by atoms with Crippen LogP contribution < -0.4 is 11.1 Å². The second-order valence-corrected chi connectivity index (χ2v) is 9.17. The van der Waals surface area contributed by atoms with Crippen molar-refractivity contribution >= 4 is 23.1 Å². The number of nitrogens with zero attached hydrogens (tertiary/aromatic N) is 5. The van der Waals surface area contributed by atoms with Crippen LogP contribution >= 0.6 is 11.6 Å². The Kier molecular flexibility index (Phi) is 6.97. The van der Waals surface area contributed by atoms with Crippen LogP contribution in [0.5, 0.6) is 0 Å². The summed E-state index contributed by atoms with van der Waals surface area (Å²) < 4.78 is 7.44. The Hall–Kier alpha value is -3.04. The average molecular weight is 492 g/mol. The molecule has 0 saturated carbocycles. The lowest BCUT2D eigenvalue weighted by Crippen LogP contribution is -2.39. The zero-order chi connectivity index (χ0) is 24.3. The number of pyridine rings is 1. The van der Waals surface area contributed by atoms with Gasteiger partial charge < -0.3 is 15.8 Å². The molecule has 35 heavy (non-hydrogen) atoms. The van der Waals surface area contributed by atoms with Gasteiger partial charge in [0.15, 0.2) is 11.5 Å². The van der Waals surface area contributed by atoms with E-state index in [0.717, 1.165) is 73.5 Å². The lowest BCUT2D eigenvalue weighted by molar-refractivity contribution is 0.0398. The van der Waals surface area contributed by atoms with Gasteiger partial charge in [-0.2, -0.15) is 0 Å². The SMILES string of the molecule is CCC(N)(c1cccc(Cl)c1)c1cccc(-c2cnc3c(NCCN4CCOCC4)nccn23)n1. The zero-order valence-electron chi connectivity index (χ0n) is 19.8. The minimum absolute atomic E-state index is 0.657. The fourth-order valence-electron chi connectivity index (χ4n) is 4.52. The second kappa shape index (κ2) is 10.3. The molecule has 4 heterocycles. The molecular formula is C26H30ClN7O. The molecular weight excluding hydrogens is 462 g/mol. The van der Waals surface area contributed by atoms with Crippen molar-refractivity contribution in [2.75, 3.05) is 44.7 Å². The van der Waals surface area contributed by atoms with E-state index in [1.54, 1.807) is 6.20 Å². The summed E-state index contributed by atoms with van der Waals surface area (Å²) in [5.41, 5.74) is 10.3. The fourth-order valence-corrected chi connectivity index (χ4v) is 4.71. The Morgan fingerprint density at radius 3 is 2.77 bits per heavy atom. The molecule has 1 aliphatic rings. The van der Waals surface area contributed by atoms with E-state index in [1.165, 1.54) is 0 Å². The van der Waals surface area contributed by atoms with Crippen molar-refractivity contribution < 1.29 is 4.74 Å². The molecule has 1 unspecified atom stereocenters. The molecule has 3 N–H and O–H groups in total. The first-order valence-electron chi connectivity index (χ1n) is 12.0. The van der Waals surface area contributed by atoms with Gasteiger partial charge in [0.1, 0.15) is 0 Å². The Balaban J connectivity index is 1.42. The maximum Gasteiger partial charge on any atom is 0.180 e. The zero-order valence-corrected chi connectivity index (χ0v) is 20.6. The number of benzene rings is 1. The second-order valence-electron chi connectivity index (χ2n) is 8.74. The molecule has 5 rings (SSSR count). The van der Waals surface area contributed by atoms with E-state index >= 15 is 0 Å². The number of hydrogen-bond acceptors (Lipinski definition) is 7. The van der Waals surface area contributed by atoms with Crippen LogP contribution in [0.3, 0.4) is 0 Å². The highest BCUT2D eigenvalue weighted by Gasteiger charge is 2.30. The summed E-state index contributed by atoms with van der Waals surface area (Å²) in [5, 5.41) is 4.10. The number of rotatable bonds is 8. The number of halogens is 1. The van der Waals surface area contributed by atoms with Gasteiger partial charge in [0.05, 0.1) is 42.0 Å². The largest absolute Gasteiger partial charge is 0.379 e. The van der Waals surface area contributed by atoms with E-state index in [0.29, 0.717) is 11.4 Å². The van der Waals surface area contributed by atoms with Crippen LogP contribution in [0.1, 0.15) is 24.6 Å². The molecule has 1 aromatic carbocycles. The highest BCUT2D eigenvalue weighted by molar-refractivity contribution is 6.30. The molecule has 1 atom stereocenters. The van der Waals surface area contributed by atoms with Crippen LogP contribution in [0, 0.1) is 0 Å². The summed E-state index contributed by atoms with van der Waals surface area (Å²) in [4.78, 5) is 16.5. The summed E-state index contributed by atoms with van der Waals surface area (Å²) in [6, 6.07) is 13.6. The van der Waals surface area contributed by atoms with Crippen molar-refractivity contribution in [1.29, 1.82) is 0 Å². The molecule has 4 aromatic rings. The van der Waals surface area contributed by atoms with Gasteiger partial charge in [0.25, 0.3) is 0 Å². The van der Waals surface area contributed by atoms with Crippen molar-refractivity contribution in [2.45, 2.75) is 18.9 Å². The maximum atomic E-state index is 6.91. The number of imidazole rings is 1. The van der Waals surface area contributed by atoms with Gasteiger partial charge in [-0.1, -0.05) is 36.7 Å². The third-order valence-corrected chi connectivity index (χ3v) is 6.85. The summed E-state index contributed by atoms with van der Waals surface area (Å²) >= 11 is 6.26. The first-order chi connectivity index (χ1) is 17.1. The number of ether oxygens (including phenoxy) is 1. The monoisotopic (exact) mass is 491 g/mol. The van der Waals surface area contributed by atoms with Gasteiger partial charge in [0, 0.05) is 43.6 Å². The van der Waals surface area contributed by atoms with Crippen LogP contribution in [-0.4, -0.2) is 63.6 Å². The molecule has 0 amide bonds. The predicted molar refractivity (Wildman–Crippen MR) is 139 cm³/mol. The number of anilines is 1. The van der Waals surface area contributed by atoms with E-state index in [2.05, 4.69) is 27.1 Å². The van der Waals surface area contributed by atoms with Crippen molar-refractivity contribution in [2.24, 2.45) is 5.73 Å². The molecule has 3 aromatic heterocycles. The third-order valence-electron chi connectivity index (χ3n) is 6.62. The lowest BCUT2D eigenvalue weighted by atomic mass is 9.84. The number of morpholine rings is 1. The van der Waals surface area contributed by atoms with Crippen molar-refractivity contribution in [3.8, 4) is 11.4 Å². The molecule has 1 fully saturated rings. The molecule has 1 saturated heterocycles. The van der Waals surface area contributed by atoms with Gasteiger partial charge in [-0.15, -0.1) is 0 Å². The Morgan fingerprint density at radius 2 is 1.97 bits per heavy atom. The number of nitrogens with one attached hydrogen (secondary N) is 1. The van der Waals surface area contributed by atoms with Crippen LogP contribution in [-0.2, 0) is 10.3 Å². The van der Waals surface area contributed by atoms with Crippen LogP contribution in [0.2, 0.25) is 5.02 Å². The smallest absolute Gasteiger partial charge is 0.180 e. The number of aromatic nitrogens is 4. The molecule has 0 radical (unpaired) electrons. The molecule has 8 nitrogen and oxygen atoms in total. The van der Waals surface area contributed by atoms with E-state index in [1.807, 2.05) is 59.3 Å². The van der Waals surface area contributed by atoms with Crippen LogP contribution in [0.25, 0.3) is 17.0 Å². The minimum Gasteiger partial charge on any atom is -0.379 e. The molecule has 0 spiro atoms. The van der Waals surface area contributed by atoms with Gasteiger partial charge in [-0.25, -0.2) is 15.0 Å². The first kappa shape index (κ1) is 23.7. The van der Waals surface area contributed by atoms with Gasteiger partial charge >= 0.3 is 0 Å². The van der Waals surface area contributed by atoms with Crippen molar-refractivity contribution in [3.05, 3.63) is 77.3 Å². The van der Waals surface area contributed by atoms with E-state index in [-0.39, 0.29) is 0 Å². The number of nitrogens with two attached hydrogens (primary N) is 1. The highest BCUT2D eigenvalue weighted by Crippen LogP contribution is 2.32. The van der Waals surface area contributed by atoms with Crippen molar-refractivity contribution in [1.82, 2.24) is 24.3 Å². The third kappa shape index (κ3) is 4.88. The van der Waals surface area contributed by atoms with E-state index in [4.69, 9.17) is 27.1 Å². The average Bonchev–Trinajstić information content (AvgIpc) is 3.34. The Morgan fingerprint density at radius 1 is 1.14 bits per heavy atom. The molecule has 182 valence electrons. The van der Waals surface area contributed by atoms with Crippen LogP contribution in [0.15, 0.2) is 61.1 Å². The van der Waals surface area contributed by atoms with Gasteiger partial charge in [0.2, 0.25) is 0 Å². The summed E-state index contributed by atoms with van der Waals surface area (Å²) in [5.74, 6) is 0.754. The lowest BCUT2D eigenvalue weighted by Gasteiger charge is -2.29. The quantitative estimate of drug-likeness (QED) is 0.387. The molecule has 9 heteroatoms. The fraction of sp³-hybridized carbons (Fsp3) is 0.346. The summed E-state index contributed by atoms with van der Waals surface area (Å²) in [6.07, 6.45) is 6.20.